The second kappa shape index (κ2) is 3.93. The molecule has 16 heavy (non-hydrogen) atoms. The van der Waals surface area contributed by atoms with E-state index < -0.39 is 0 Å². The third-order valence-corrected chi connectivity index (χ3v) is 3.94. The smallest absolute Gasteiger partial charge is 0.0239 e. The molecule has 2 aliphatic carbocycles. The maximum Gasteiger partial charge on any atom is 0.0239 e. The molecule has 0 heterocycles. The van der Waals surface area contributed by atoms with Crippen LogP contribution < -0.4 is 0 Å². The highest BCUT2D eigenvalue weighted by molar-refractivity contribution is 5.51. The first-order chi connectivity index (χ1) is 7.86. The van der Waals surface area contributed by atoms with Crippen LogP contribution in [0, 0.1) is 0 Å². The van der Waals surface area contributed by atoms with Gasteiger partial charge >= 0.3 is 0 Å². The van der Waals surface area contributed by atoms with Crippen molar-refractivity contribution in [1.29, 1.82) is 0 Å². The molecule has 1 unspecified atom stereocenters. The van der Waals surface area contributed by atoms with E-state index in [0.29, 0.717) is 5.92 Å². The van der Waals surface area contributed by atoms with E-state index in [1.807, 2.05) is 0 Å². The Kier molecular flexibility index (Phi) is 2.43. The van der Waals surface area contributed by atoms with Crippen molar-refractivity contribution < 1.29 is 0 Å². The number of hydrogen-bond acceptors (Lipinski definition) is 0. The van der Waals surface area contributed by atoms with Gasteiger partial charge in [-0.05, 0) is 43.7 Å². The lowest BCUT2D eigenvalue weighted by molar-refractivity contribution is 0.663. The molecule has 0 saturated heterocycles. The van der Waals surface area contributed by atoms with Crippen molar-refractivity contribution in [2.75, 3.05) is 0 Å². The summed E-state index contributed by atoms with van der Waals surface area (Å²) in [6.45, 7) is 2.28. The highest BCUT2D eigenvalue weighted by Gasteiger charge is 2.26. The molecule has 1 atom stereocenters. The zero-order chi connectivity index (χ0) is 11.0. The second-order valence-corrected chi connectivity index (χ2v) is 4.95. The van der Waals surface area contributed by atoms with Gasteiger partial charge in [0.25, 0.3) is 0 Å². The van der Waals surface area contributed by atoms with Gasteiger partial charge in [-0.1, -0.05) is 47.6 Å². The Labute approximate surface area is 97.7 Å². The van der Waals surface area contributed by atoms with Crippen molar-refractivity contribution in [1.82, 2.24) is 0 Å². The monoisotopic (exact) mass is 210 g/mol. The first kappa shape index (κ1) is 9.89. The van der Waals surface area contributed by atoms with Crippen molar-refractivity contribution in [2.24, 2.45) is 0 Å². The van der Waals surface area contributed by atoms with Gasteiger partial charge in [-0.25, -0.2) is 0 Å². The molecule has 0 heteroatoms. The van der Waals surface area contributed by atoms with Crippen molar-refractivity contribution in [3.8, 4) is 0 Å². The Balaban J connectivity index is 2.02. The van der Waals surface area contributed by atoms with Gasteiger partial charge in [0.15, 0.2) is 0 Å². The van der Waals surface area contributed by atoms with Gasteiger partial charge in [-0.3, -0.25) is 0 Å². The Morgan fingerprint density at radius 2 is 1.75 bits per heavy atom. The van der Waals surface area contributed by atoms with Gasteiger partial charge in [0.1, 0.15) is 0 Å². The molecule has 0 nitrogen and oxygen atoms in total. The van der Waals surface area contributed by atoms with E-state index in [1.165, 1.54) is 36.8 Å². The van der Waals surface area contributed by atoms with E-state index in [2.05, 4.69) is 43.3 Å². The van der Waals surface area contributed by atoms with Crippen LogP contribution in [0.25, 0.3) is 0 Å². The Hall–Kier alpha value is -1.30. The van der Waals surface area contributed by atoms with Crippen LogP contribution in [0.2, 0.25) is 0 Å². The van der Waals surface area contributed by atoms with Crippen LogP contribution in [0.3, 0.4) is 0 Å². The lowest BCUT2D eigenvalue weighted by Gasteiger charge is -2.20. The molecule has 0 fully saturated rings. The summed E-state index contributed by atoms with van der Waals surface area (Å²) in [5, 5.41) is 0. The summed E-state index contributed by atoms with van der Waals surface area (Å²) in [7, 11) is 0. The fourth-order valence-electron chi connectivity index (χ4n) is 3.13. The maximum atomic E-state index is 2.46. The molecule has 0 amide bonds. The molecule has 3 rings (SSSR count). The average molecular weight is 210 g/mol. The molecule has 82 valence electrons. The minimum absolute atomic E-state index is 0.580. The summed E-state index contributed by atoms with van der Waals surface area (Å²) in [5.41, 5.74) is 6.37. The third kappa shape index (κ3) is 1.53. The molecule has 2 aliphatic rings. The minimum atomic E-state index is 0.580. The molecule has 0 radical (unpaired) electrons. The van der Waals surface area contributed by atoms with Crippen LogP contribution in [0.15, 0.2) is 53.1 Å². The maximum absolute atomic E-state index is 2.46. The Morgan fingerprint density at radius 3 is 2.56 bits per heavy atom. The summed E-state index contributed by atoms with van der Waals surface area (Å²) in [5.74, 6) is 0.580. The highest BCUT2D eigenvalue weighted by Crippen LogP contribution is 2.44. The van der Waals surface area contributed by atoms with E-state index in [1.54, 1.807) is 11.1 Å². The van der Waals surface area contributed by atoms with Crippen LogP contribution in [0.5, 0.6) is 0 Å². The molecule has 0 bridgehead atoms. The predicted molar refractivity (Wildman–Crippen MR) is 68.4 cm³/mol. The van der Waals surface area contributed by atoms with Crippen molar-refractivity contribution in [3.63, 3.8) is 0 Å². The SMILES string of the molecule is CC1=CC(c2ccccc2)C2=C1CCCC2. The van der Waals surface area contributed by atoms with Gasteiger partial charge < -0.3 is 0 Å². The molecule has 0 aromatic heterocycles. The minimum Gasteiger partial charge on any atom is -0.0697 e. The Morgan fingerprint density at radius 1 is 1.00 bits per heavy atom. The van der Waals surface area contributed by atoms with Crippen molar-refractivity contribution in [3.05, 3.63) is 58.7 Å². The van der Waals surface area contributed by atoms with Crippen LogP contribution in [0.4, 0.5) is 0 Å². The van der Waals surface area contributed by atoms with Crippen molar-refractivity contribution >= 4 is 0 Å². The molecule has 1 aromatic rings. The van der Waals surface area contributed by atoms with Gasteiger partial charge in [0, 0.05) is 5.92 Å². The van der Waals surface area contributed by atoms with Gasteiger partial charge in [-0.15, -0.1) is 0 Å². The fraction of sp³-hybridized carbons (Fsp3) is 0.375. The predicted octanol–water partition coefficient (Wildman–Crippen LogP) is 4.60. The van der Waals surface area contributed by atoms with Crippen LogP contribution >= 0.6 is 0 Å². The highest BCUT2D eigenvalue weighted by atomic mass is 14.3. The third-order valence-electron chi connectivity index (χ3n) is 3.94. The molecular formula is C16H18. The summed E-state index contributed by atoms with van der Waals surface area (Å²) in [4.78, 5) is 0. The number of allylic oxidation sites excluding steroid dienone is 4. The molecule has 0 saturated carbocycles. The van der Waals surface area contributed by atoms with Crippen LogP contribution in [0.1, 0.15) is 44.1 Å². The summed E-state index contributed by atoms with van der Waals surface area (Å²) in [6.07, 6.45) is 7.84. The van der Waals surface area contributed by atoms with Crippen molar-refractivity contribution in [2.45, 2.75) is 38.5 Å². The quantitative estimate of drug-likeness (QED) is 0.635. The summed E-state index contributed by atoms with van der Waals surface area (Å²) >= 11 is 0. The first-order valence-electron chi connectivity index (χ1n) is 6.32. The zero-order valence-electron chi connectivity index (χ0n) is 9.87. The topological polar surface area (TPSA) is 0 Å². The number of rotatable bonds is 1. The lowest BCUT2D eigenvalue weighted by Crippen LogP contribution is -2.02. The second-order valence-electron chi connectivity index (χ2n) is 4.95. The molecule has 0 aliphatic heterocycles. The van der Waals surface area contributed by atoms with E-state index in [0.717, 1.165) is 0 Å². The van der Waals surface area contributed by atoms with Gasteiger partial charge in [0.05, 0.1) is 0 Å². The van der Waals surface area contributed by atoms with Gasteiger partial charge in [-0.2, -0.15) is 0 Å². The molecular weight excluding hydrogens is 192 g/mol. The largest absolute Gasteiger partial charge is 0.0697 e. The number of hydrogen-bond donors (Lipinski definition) is 0. The normalized spacial score (nSPS) is 24.3. The number of benzene rings is 1. The average Bonchev–Trinajstić information content (AvgIpc) is 2.69. The van der Waals surface area contributed by atoms with E-state index in [4.69, 9.17) is 0 Å². The van der Waals surface area contributed by atoms with Crippen LogP contribution in [-0.2, 0) is 0 Å². The standard InChI is InChI=1S/C16H18/c1-12-11-16(13-7-3-2-4-8-13)15-10-6-5-9-14(12)15/h2-4,7-8,11,16H,5-6,9-10H2,1H3. The molecule has 0 spiro atoms. The molecule has 0 N–H and O–H groups in total. The van der Waals surface area contributed by atoms with E-state index in [9.17, 15) is 0 Å². The summed E-state index contributed by atoms with van der Waals surface area (Å²) < 4.78 is 0. The lowest BCUT2D eigenvalue weighted by atomic mass is 9.85. The molecule has 1 aromatic carbocycles. The van der Waals surface area contributed by atoms with E-state index in [-0.39, 0.29) is 0 Å². The fourth-order valence-corrected chi connectivity index (χ4v) is 3.13. The first-order valence-corrected chi connectivity index (χ1v) is 6.32. The van der Waals surface area contributed by atoms with Gasteiger partial charge in [0.2, 0.25) is 0 Å². The van der Waals surface area contributed by atoms with E-state index >= 15 is 0 Å². The summed E-state index contributed by atoms with van der Waals surface area (Å²) in [6, 6.07) is 10.9. The Bertz CT molecular complexity index is 448. The van der Waals surface area contributed by atoms with Crippen LogP contribution in [-0.4, -0.2) is 0 Å². The zero-order valence-corrected chi connectivity index (χ0v) is 9.87.